The van der Waals surface area contributed by atoms with Crippen molar-refractivity contribution in [2.45, 2.75) is 25.6 Å². The molecule has 0 atom stereocenters. The number of nitrogens with one attached hydrogen (secondary N) is 1. The molecule has 0 aliphatic carbocycles. The van der Waals surface area contributed by atoms with Crippen molar-refractivity contribution < 1.29 is 22.4 Å². The van der Waals surface area contributed by atoms with Crippen molar-refractivity contribution >= 4 is 24.0 Å². The number of carbonyl (C=O) groups excluding carboxylic acids is 1. The van der Waals surface area contributed by atoms with Crippen molar-refractivity contribution in [3.63, 3.8) is 0 Å². The van der Waals surface area contributed by atoms with Crippen molar-refractivity contribution in [3.8, 4) is 6.07 Å². The molecule has 0 spiro atoms. The Morgan fingerprint density at radius 3 is 2.24 bits per heavy atom. The van der Waals surface area contributed by atoms with Gasteiger partial charge in [0.05, 0.1) is 17.2 Å². The Morgan fingerprint density at radius 2 is 1.86 bits per heavy atom. The minimum absolute atomic E-state index is 0. The molecular formula is C12H12ClF4N3O. The predicted molar refractivity (Wildman–Crippen MR) is 70.3 cm³/mol. The van der Waals surface area contributed by atoms with Crippen LogP contribution in [0.1, 0.15) is 25.0 Å². The van der Waals surface area contributed by atoms with E-state index in [1.165, 1.54) is 19.9 Å². The highest BCUT2D eigenvalue weighted by Gasteiger charge is 2.37. The number of carbonyl (C=O) groups is 1. The van der Waals surface area contributed by atoms with E-state index in [9.17, 15) is 22.4 Å². The normalized spacial score (nSPS) is 11.3. The van der Waals surface area contributed by atoms with Gasteiger partial charge in [0, 0.05) is 5.69 Å². The Morgan fingerprint density at radius 1 is 1.33 bits per heavy atom. The molecule has 1 amide bonds. The molecule has 0 aliphatic heterocycles. The van der Waals surface area contributed by atoms with E-state index in [1.807, 2.05) is 0 Å². The van der Waals surface area contributed by atoms with Gasteiger partial charge in [-0.3, -0.25) is 4.79 Å². The highest BCUT2D eigenvalue weighted by Crippen LogP contribution is 2.35. The smallest absolute Gasteiger partial charge is 0.324 e. The lowest BCUT2D eigenvalue weighted by atomic mass is 10.0. The number of rotatable bonds is 2. The lowest BCUT2D eigenvalue weighted by Crippen LogP contribution is -2.45. The van der Waals surface area contributed by atoms with Crippen LogP contribution in [0.4, 0.5) is 23.2 Å². The van der Waals surface area contributed by atoms with Crippen molar-refractivity contribution in [1.82, 2.24) is 0 Å². The maximum absolute atomic E-state index is 13.5. The van der Waals surface area contributed by atoms with E-state index in [-0.39, 0.29) is 18.1 Å². The molecule has 1 aromatic rings. The Kier molecular flexibility index (Phi) is 5.73. The van der Waals surface area contributed by atoms with Gasteiger partial charge in [-0.1, -0.05) is 0 Å². The number of benzene rings is 1. The van der Waals surface area contributed by atoms with Gasteiger partial charge in [0.1, 0.15) is 11.4 Å². The molecule has 116 valence electrons. The van der Waals surface area contributed by atoms with Crippen LogP contribution in [0.15, 0.2) is 12.1 Å². The predicted octanol–water partition coefficient (Wildman–Crippen LogP) is 2.81. The summed E-state index contributed by atoms with van der Waals surface area (Å²) in [5.41, 5.74) is 1.34. The first kappa shape index (κ1) is 19.1. The van der Waals surface area contributed by atoms with Gasteiger partial charge in [0.2, 0.25) is 5.91 Å². The summed E-state index contributed by atoms with van der Waals surface area (Å²) in [6.45, 7) is 2.74. The molecule has 0 heterocycles. The molecule has 1 rings (SSSR count). The number of anilines is 1. The highest BCUT2D eigenvalue weighted by molar-refractivity contribution is 5.97. The van der Waals surface area contributed by atoms with E-state index in [2.05, 4.69) is 5.32 Å². The number of halogens is 5. The van der Waals surface area contributed by atoms with Gasteiger partial charge >= 0.3 is 6.18 Å². The fourth-order valence-electron chi connectivity index (χ4n) is 1.35. The summed E-state index contributed by atoms with van der Waals surface area (Å²) in [5.74, 6) is -2.36. The number of hydrogen-bond donors (Lipinski definition) is 2. The van der Waals surface area contributed by atoms with Crippen LogP contribution in [0, 0.1) is 17.1 Å². The summed E-state index contributed by atoms with van der Waals surface area (Å²) in [4.78, 5) is 11.6. The standard InChI is InChI=1S/C12H11F4N3O.ClH/c1-11(2,18)10(20)19-7-3-6(5-17)9(8(13)4-7)12(14,15)16;/h3-4H,18H2,1-2H3,(H,19,20);1H. The van der Waals surface area contributed by atoms with Crippen LogP contribution in [0.2, 0.25) is 0 Å². The lowest BCUT2D eigenvalue weighted by molar-refractivity contribution is -0.140. The third-order valence-electron chi connectivity index (χ3n) is 2.34. The van der Waals surface area contributed by atoms with Crippen LogP contribution < -0.4 is 11.1 Å². The summed E-state index contributed by atoms with van der Waals surface area (Å²) in [5, 5.41) is 10.8. The quantitative estimate of drug-likeness (QED) is 0.821. The third kappa shape index (κ3) is 4.58. The van der Waals surface area contributed by atoms with Gasteiger partial charge < -0.3 is 11.1 Å². The summed E-state index contributed by atoms with van der Waals surface area (Å²) >= 11 is 0. The molecule has 21 heavy (non-hydrogen) atoms. The van der Waals surface area contributed by atoms with Crippen molar-refractivity contribution in [2.75, 3.05) is 5.32 Å². The van der Waals surface area contributed by atoms with Crippen molar-refractivity contribution in [1.29, 1.82) is 5.26 Å². The number of nitrogens with zero attached hydrogens (tertiary/aromatic N) is 1. The van der Waals surface area contributed by atoms with E-state index in [1.54, 1.807) is 0 Å². The molecule has 0 bridgehead atoms. The second kappa shape index (κ2) is 6.28. The van der Waals surface area contributed by atoms with Crippen LogP contribution >= 0.6 is 12.4 Å². The van der Waals surface area contributed by atoms with Crippen molar-refractivity contribution in [2.24, 2.45) is 5.73 Å². The Balaban J connectivity index is 0.00000400. The molecule has 0 aromatic heterocycles. The third-order valence-corrected chi connectivity index (χ3v) is 2.34. The van der Waals surface area contributed by atoms with Crippen LogP contribution in [-0.2, 0) is 11.0 Å². The number of nitriles is 1. The minimum atomic E-state index is -5.00. The number of hydrogen-bond acceptors (Lipinski definition) is 3. The van der Waals surface area contributed by atoms with Gasteiger partial charge in [-0.15, -0.1) is 12.4 Å². The molecule has 0 saturated heterocycles. The first-order valence-electron chi connectivity index (χ1n) is 5.38. The number of amides is 1. The fraction of sp³-hybridized carbons (Fsp3) is 0.333. The molecule has 1 aromatic carbocycles. The van der Waals surface area contributed by atoms with E-state index >= 15 is 0 Å². The molecule has 9 heteroatoms. The highest BCUT2D eigenvalue weighted by atomic mass is 35.5. The topological polar surface area (TPSA) is 78.9 Å². The summed E-state index contributed by atoms with van der Waals surface area (Å²) in [6, 6.07) is 2.49. The van der Waals surface area contributed by atoms with E-state index in [0.717, 1.165) is 6.07 Å². The zero-order chi connectivity index (χ0) is 15.7. The lowest BCUT2D eigenvalue weighted by Gasteiger charge is -2.18. The molecule has 0 unspecified atom stereocenters. The maximum atomic E-state index is 13.5. The first-order chi connectivity index (χ1) is 8.96. The van der Waals surface area contributed by atoms with Gasteiger partial charge in [-0.25, -0.2) is 4.39 Å². The number of alkyl halides is 3. The van der Waals surface area contributed by atoms with Gasteiger partial charge in [-0.2, -0.15) is 18.4 Å². The molecule has 0 fully saturated rings. The fourth-order valence-corrected chi connectivity index (χ4v) is 1.35. The minimum Gasteiger partial charge on any atom is -0.324 e. The maximum Gasteiger partial charge on any atom is 0.420 e. The molecular weight excluding hydrogens is 314 g/mol. The Labute approximate surface area is 124 Å². The van der Waals surface area contributed by atoms with Gasteiger partial charge in [-0.05, 0) is 26.0 Å². The van der Waals surface area contributed by atoms with Gasteiger partial charge in [0.25, 0.3) is 0 Å². The molecule has 0 saturated carbocycles. The van der Waals surface area contributed by atoms with Crippen LogP contribution in [0.5, 0.6) is 0 Å². The molecule has 0 aliphatic rings. The monoisotopic (exact) mass is 325 g/mol. The van der Waals surface area contributed by atoms with Crippen LogP contribution in [0.25, 0.3) is 0 Å². The summed E-state index contributed by atoms with van der Waals surface area (Å²) in [6.07, 6.45) is -5.00. The average molecular weight is 326 g/mol. The average Bonchev–Trinajstić information content (AvgIpc) is 2.24. The SMILES string of the molecule is CC(C)(N)C(=O)Nc1cc(F)c(C(F)(F)F)c(C#N)c1.Cl. The zero-order valence-electron chi connectivity index (χ0n) is 11.0. The number of nitrogens with two attached hydrogens (primary N) is 1. The molecule has 3 N–H and O–H groups in total. The van der Waals surface area contributed by atoms with E-state index in [4.69, 9.17) is 11.0 Å². The second-order valence-electron chi connectivity index (χ2n) is 4.67. The Hall–Kier alpha value is -1.85. The van der Waals surface area contributed by atoms with Crippen molar-refractivity contribution in [3.05, 3.63) is 29.1 Å². The summed E-state index contributed by atoms with van der Waals surface area (Å²) < 4.78 is 51.2. The second-order valence-corrected chi connectivity index (χ2v) is 4.67. The molecule has 4 nitrogen and oxygen atoms in total. The van der Waals surface area contributed by atoms with Crippen LogP contribution in [-0.4, -0.2) is 11.4 Å². The molecule has 0 radical (unpaired) electrons. The first-order valence-corrected chi connectivity index (χ1v) is 5.38. The zero-order valence-corrected chi connectivity index (χ0v) is 11.8. The summed E-state index contributed by atoms with van der Waals surface area (Å²) in [7, 11) is 0. The largest absolute Gasteiger partial charge is 0.420 e. The van der Waals surface area contributed by atoms with Gasteiger partial charge in [0.15, 0.2) is 0 Å². The van der Waals surface area contributed by atoms with E-state index in [0.29, 0.717) is 6.07 Å². The van der Waals surface area contributed by atoms with E-state index < -0.39 is 34.6 Å². The van der Waals surface area contributed by atoms with Crippen LogP contribution in [0.3, 0.4) is 0 Å². The Bertz CT molecular complexity index is 588.